The van der Waals surface area contributed by atoms with E-state index in [2.05, 4.69) is 12.1 Å². The topological polar surface area (TPSA) is 80.8 Å². The van der Waals surface area contributed by atoms with Gasteiger partial charge in [0.05, 0.1) is 23.1 Å². The predicted octanol–water partition coefficient (Wildman–Crippen LogP) is 5.50. The number of Topliss-reactive ketones (excluding diaryl/α,β-unsaturated/α-hetero) is 1. The minimum atomic E-state index is -0.947. The fraction of sp³-hybridized carbons (Fsp3) is 0.290. The van der Waals surface area contributed by atoms with Crippen molar-refractivity contribution in [3.05, 3.63) is 101 Å². The van der Waals surface area contributed by atoms with Crippen LogP contribution in [0.1, 0.15) is 63.9 Å². The molecule has 3 aromatic carbocycles. The summed E-state index contributed by atoms with van der Waals surface area (Å²) in [4.78, 5) is 53.0. The molecule has 1 heterocycles. The number of fused-ring (bicyclic) bond motifs is 1. The van der Waals surface area contributed by atoms with E-state index in [1.54, 1.807) is 31.2 Å². The van der Waals surface area contributed by atoms with E-state index in [0.29, 0.717) is 24.1 Å². The lowest BCUT2D eigenvalue weighted by Gasteiger charge is -2.28. The lowest BCUT2D eigenvalue weighted by Crippen LogP contribution is -2.31. The Kier molecular flexibility index (Phi) is 6.74. The van der Waals surface area contributed by atoms with Gasteiger partial charge in [0, 0.05) is 5.56 Å². The van der Waals surface area contributed by atoms with Crippen molar-refractivity contribution < 1.29 is 23.9 Å². The van der Waals surface area contributed by atoms with Crippen LogP contribution in [-0.4, -0.2) is 29.7 Å². The summed E-state index contributed by atoms with van der Waals surface area (Å²) in [7, 11) is 0. The van der Waals surface area contributed by atoms with E-state index in [4.69, 9.17) is 4.74 Å². The Hall–Kier alpha value is -4.06. The number of aryl methyl sites for hydroxylation is 1. The van der Waals surface area contributed by atoms with Crippen LogP contribution >= 0.6 is 0 Å². The van der Waals surface area contributed by atoms with Crippen molar-refractivity contribution in [3.8, 4) is 0 Å². The molecule has 1 aliphatic heterocycles. The number of nitrogens with zero attached hydrogens (tertiary/aromatic N) is 1. The first-order valence-corrected chi connectivity index (χ1v) is 12.7. The molecular weight excluding hydrogens is 466 g/mol. The molecule has 1 saturated carbocycles. The van der Waals surface area contributed by atoms with Gasteiger partial charge < -0.3 is 4.74 Å². The average Bonchev–Trinajstić information content (AvgIpc) is 3.18. The van der Waals surface area contributed by atoms with Crippen LogP contribution in [0.4, 0.5) is 5.69 Å². The number of esters is 1. The third-order valence-electron chi connectivity index (χ3n) is 7.55. The normalized spacial score (nSPS) is 21.9. The number of ketones is 1. The summed E-state index contributed by atoms with van der Waals surface area (Å²) in [5.74, 6) is -1.64. The molecule has 3 aromatic rings. The maximum atomic E-state index is 13.3. The van der Waals surface area contributed by atoms with E-state index in [1.165, 1.54) is 22.6 Å². The van der Waals surface area contributed by atoms with Crippen LogP contribution < -0.4 is 4.90 Å². The Bertz CT molecular complexity index is 1330. The van der Waals surface area contributed by atoms with Crippen molar-refractivity contribution in [1.29, 1.82) is 0 Å². The number of rotatable bonds is 6. The smallest absolute Gasteiger partial charge is 0.338 e. The molecule has 4 atom stereocenters. The highest BCUT2D eigenvalue weighted by molar-refractivity contribution is 6.22. The van der Waals surface area contributed by atoms with Crippen molar-refractivity contribution in [3.63, 3.8) is 0 Å². The van der Waals surface area contributed by atoms with Crippen molar-refractivity contribution in [2.45, 2.75) is 45.1 Å². The van der Waals surface area contributed by atoms with E-state index < -0.39 is 12.1 Å². The number of carbonyl (C=O) groups excluding carboxylic acids is 4. The van der Waals surface area contributed by atoms with Crippen LogP contribution in [0.15, 0.2) is 78.9 Å². The highest BCUT2D eigenvalue weighted by Gasteiger charge is 2.50. The average molecular weight is 496 g/mol. The Morgan fingerprint density at radius 1 is 0.811 bits per heavy atom. The fourth-order valence-corrected chi connectivity index (χ4v) is 5.44. The van der Waals surface area contributed by atoms with E-state index in [9.17, 15) is 19.2 Å². The Labute approximate surface area is 216 Å². The molecule has 2 fully saturated rings. The molecule has 2 aliphatic rings. The molecule has 6 nitrogen and oxygen atoms in total. The molecule has 188 valence electrons. The number of ether oxygens (including phenoxy) is 1. The summed E-state index contributed by atoms with van der Waals surface area (Å²) >= 11 is 0. The second kappa shape index (κ2) is 10.1. The monoisotopic (exact) mass is 495 g/mol. The first-order valence-electron chi connectivity index (χ1n) is 12.7. The van der Waals surface area contributed by atoms with Gasteiger partial charge in [0.25, 0.3) is 0 Å². The van der Waals surface area contributed by atoms with E-state index in [1.807, 2.05) is 37.3 Å². The summed E-state index contributed by atoms with van der Waals surface area (Å²) in [6.45, 7) is 3.47. The first-order chi connectivity index (χ1) is 17.8. The summed E-state index contributed by atoms with van der Waals surface area (Å²) < 4.78 is 5.39. The third kappa shape index (κ3) is 4.84. The van der Waals surface area contributed by atoms with Gasteiger partial charge in [0.15, 0.2) is 6.10 Å². The number of carbonyl (C=O) groups is 4. The molecule has 0 N–H and O–H groups in total. The second-order valence-corrected chi connectivity index (χ2v) is 9.97. The van der Waals surface area contributed by atoms with Crippen LogP contribution in [-0.2, 0) is 14.3 Å². The van der Waals surface area contributed by atoms with Crippen LogP contribution in [0, 0.1) is 18.8 Å². The summed E-state index contributed by atoms with van der Waals surface area (Å²) in [6, 6.07) is 23.4. The Morgan fingerprint density at radius 3 is 2.11 bits per heavy atom. The van der Waals surface area contributed by atoms with E-state index in [-0.39, 0.29) is 40.9 Å². The van der Waals surface area contributed by atoms with Crippen molar-refractivity contribution in [2.24, 2.45) is 11.8 Å². The summed E-state index contributed by atoms with van der Waals surface area (Å²) in [6.07, 6.45) is 1.27. The fourth-order valence-electron chi connectivity index (χ4n) is 5.44. The van der Waals surface area contributed by atoms with Gasteiger partial charge in [0.1, 0.15) is 0 Å². The molecule has 1 aliphatic carbocycles. The van der Waals surface area contributed by atoms with Gasteiger partial charge >= 0.3 is 5.97 Å². The predicted molar refractivity (Wildman–Crippen MR) is 139 cm³/mol. The van der Waals surface area contributed by atoms with Gasteiger partial charge in [-0.3, -0.25) is 19.3 Å². The molecule has 2 amide bonds. The molecule has 0 bridgehead atoms. The van der Waals surface area contributed by atoms with E-state index >= 15 is 0 Å². The highest BCUT2D eigenvalue weighted by atomic mass is 16.5. The zero-order valence-electron chi connectivity index (χ0n) is 20.9. The largest absolute Gasteiger partial charge is 0.451 e. The number of hydrogen-bond acceptors (Lipinski definition) is 5. The summed E-state index contributed by atoms with van der Waals surface area (Å²) in [5, 5.41) is 0. The molecule has 5 rings (SSSR count). The second-order valence-electron chi connectivity index (χ2n) is 9.97. The van der Waals surface area contributed by atoms with Crippen LogP contribution in [0.5, 0.6) is 0 Å². The zero-order valence-corrected chi connectivity index (χ0v) is 20.9. The molecule has 0 aromatic heterocycles. The van der Waals surface area contributed by atoms with Crippen LogP contribution in [0.3, 0.4) is 0 Å². The maximum Gasteiger partial charge on any atom is 0.338 e. The van der Waals surface area contributed by atoms with Gasteiger partial charge in [-0.25, -0.2) is 4.79 Å². The SMILES string of the molecule is Cc1ccc(C(=O)[C@H](C)OC(=O)c2ccc(N3C(=O)[C@H]4C[C@@H](c5ccccc5)CC[C@H]4C3=O)cc2)cc1. The molecule has 0 radical (unpaired) electrons. The van der Waals surface area contributed by atoms with Crippen molar-refractivity contribution in [2.75, 3.05) is 4.90 Å². The number of hydrogen-bond donors (Lipinski definition) is 0. The van der Waals surface area contributed by atoms with Crippen molar-refractivity contribution in [1.82, 2.24) is 0 Å². The quantitative estimate of drug-likeness (QED) is 0.256. The molecule has 1 saturated heterocycles. The van der Waals surface area contributed by atoms with Gasteiger partial charge in [-0.15, -0.1) is 0 Å². The van der Waals surface area contributed by atoms with Crippen LogP contribution in [0.2, 0.25) is 0 Å². The number of benzene rings is 3. The van der Waals surface area contributed by atoms with Gasteiger partial charge in [-0.2, -0.15) is 0 Å². The molecule has 37 heavy (non-hydrogen) atoms. The van der Waals surface area contributed by atoms with Gasteiger partial charge in [0.2, 0.25) is 17.6 Å². The number of anilines is 1. The minimum absolute atomic E-state index is 0.172. The standard InChI is InChI=1S/C31H29NO5/c1-19-8-10-22(11-9-19)28(33)20(2)37-31(36)23-12-15-25(16-13-23)32-29(34)26-17-14-24(18-27(26)30(32)35)21-6-4-3-5-7-21/h3-13,15-16,20,24,26-27H,14,17-18H2,1-2H3/t20-,24-,26+,27-/m0/s1. The van der Waals surface area contributed by atoms with Crippen molar-refractivity contribution >= 4 is 29.3 Å². The Morgan fingerprint density at radius 2 is 1.43 bits per heavy atom. The molecule has 6 heteroatoms. The summed E-state index contributed by atoms with van der Waals surface area (Å²) in [5.41, 5.74) is 3.40. The zero-order chi connectivity index (χ0) is 26.1. The Balaban J connectivity index is 1.25. The first kappa shape index (κ1) is 24.6. The highest BCUT2D eigenvalue weighted by Crippen LogP contribution is 2.45. The number of amides is 2. The van der Waals surface area contributed by atoms with Gasteiger partial charge in [-0.1, -0.05) is 60.2 Å². The molecular formula is C31H29NO5. The third-order valence-corrected chi connectivity index (χ3v) is 7.55. The van der Waals surface area contributed by atoms with E-state index in [0.717, 1.165) is 12.0 Å². The maximum absolute atomic E-state index is 13.3. The number of imide groups is 1. The lowest BCUT2D eigenvalue weighted by molar-refractivity contribution is -0.122. The molecule has 0 spiro atoms. The van der Waals surface area contributed by atoms with Gasteiger partial charge in [-0.05, 0) is 68.9 Å². The lowest BCUT2D eigenvalue weighted by atomic mass is 9.73. The minimum Gasteiger partial charge on any atom is -0.451 e. The molecule has 0 unspecified atom stereocenters. The van der Waals surface area contributed by atoms with Crippen LogP contribution in [0.25, 0.3) is 0 Å².